The van der Waals surface area contributed by atoms with Gasteiger partial charge in [0.2, 0.25) is 0 Å². The number of ether oxygens (including phenoxy) is 1. The lowest BCUT2D eigenvalue weighted by Crippen LogP contribution is -2.41. The molecule has 0 radical (unpaired) electrons. The molecule has 0 saturated carbocycles. The van der Waals surface area contributed by atoms with Gasteiger partial charge in [-0.05, 0) is 24.3 Å². The molecule has 2 N–H and O–H groups in total. The Balaban J connectivity index is 1.47. The third-order valence-electron chi connectivity index (χ3n) is 4.85. The molecule has 0 spiro atoms. The third-order valence-corrected chi connectivity index (χ3v) is 4.85. The smallest absolute Gasteiger partial charge is 0.271 e. The van der Waals surface area contributed by atoms with Gasteiger partial charge < -0.3 is 15.0 Å². The minimum Gasteiger partial charge on any atom is -0.379 e. The third kappa shape index (κ3) is 3.72. The monoisotopic (exact) mass is 371 g/mol. The van der Waals surface area contributed by atoms with E-state index in [0.717, 1.165) is 55.0 Å². The number of morpholine rings is 1. The lowest BCUT2D eigenvalue weighted by atomic mass is 10.1. The van der Waals surface area contributed by atoms with Crippen molar-refractivity contribution in [1.29, 1.82) is 0 Å². The molecule has 3 aromatic rings. The molecule has 2 aromatic heterocycles. The van der Waals surface area contributed by atoms with Crippen LogP contribution in [0.1, 0.15) is 10.5 Å². The zero-order valence-corrected chi connectivity index (χ0v) is 15.2. The minimum absolute atomic E-state index is 0.212. The van der Waals surface area contributed by atoms with Crippen LogP contribution in [0.5, 0.6) is 0 Å². The van der Waals surface area contributed by atoms with Crippen molar-refractivity contribution in [2.45, 2.75) is 0 Å². The Hall–Kier alpha value is -2.71. The van der Waals surface area contributed by atoms with E-state index in [-0.39, 0.29) is 11.7 Å². The van der Waals surface area contributed by atoms with Crippen molar-refractivity contribution in [2.75, 3.05) is 39.4 Å². The van der Waals surface area contributed by atoms with Gasteiger partial charge >= 0.3 is 0 Å². The van der Waals surface area contributed by atoms with Crippen molar-refractivity contribution in [2.24, 2.45) is 7.05 Å². The van der Waals surface area contributed by atoms with Crippen molar-refractivity contribution < 1.29 is 13.9 Å². The normalized spacial score (nSPS) is 15.3. The maximum absolute atomic E-state index is 13.6. The van der Waals surface area contributed by atoms with Gasteiger partial charge in [0.15, 0.2) is 5.69 Å². The van der Waals surface area contributed by atoms with E-state index in [1.54, 1.807) is 30.1 Å². The van der Waals surface area contributed by atoms with E-state index in [1.165, 1.54) is 12.1 Å². The Kier molecular flexibility index (Phi) is 4.91. The average molecular weight is 371 g/mol. The number of aromatic amines is 1. The summed E-state index contributed by atoms with van der Waals surface area (Å²) in [4.78, 5) is 17.8. The highest BCUT2D eigenvalue weighted by Crippen LogP contribution is 2.29. The van der Waals surface area contributed by atoms with Gasteiger partial charge in [-0.15, -0.1) is 0 Å². The molecule has 1 aliphatic heterocycles. The highest BCUT2D eigenvalue weighted by atomic mass is 19.1. The molecule has 1 amide bonds. The van der Waals surface area contributed by atoms with Gasteiger partial charge in [0.25, 0.3) is 5.91 Å². The van der Waals surface area contributed by atoms with E-state index in [0.29, 0.717) is 12.2 Å². The van der Waals surface area contributed by atoms with Gasteiger partial charge in [0.1, 0.15) is 5.82 Å². The van der Waals surface area contributed by atoms with Gasteiger partial charge in [-0.1, -0.05) is 0 Å². The molecule has 0 unspecified atom stereocenters. The number of hydrogen-bond donors (Lipinski definition) is 2. The molecule has 1 saturated heterocycles. The fourth-order valence-corrected chi connectivity index (χ4v) is 3.38. The summed E-state index contributed by atoms with van der Waals surface area (Å²) in [5, 5.41) is 8.00. The van der Waals surface area contributed by atoms with Gasteiger partial charge in [0.05, 0.1) is 18.9 Å². The molecule has 0 bridgehead atoms. The molecule has 8 heteroatoms. The minimum atomic E-state index is -0.299. The quantitative estimate of drug-likeness (QED) is 0.717. The molecule has 142 valence electrons. The van der Waals surface area contributed by atoms with Gasteiger partial charge in [-0.2, -0.15) is 5.10 Å². The van der Waals surface area contributed by atoms with Crippen molar-refractivity contribution in [3.05, 3.63) is 42.0 Å². The zero-order valence-electron chi connectivity index (χ0n) is 15.2. The van der Waals surface area contributed by atoms with Crippen LogP contribution in [0.15, 0.2) is 30.5 Å². The molecule has 3 heterocycles. The molecule has 7 nitrogen and oxygen atoms in total. The SMILES string of the molecule is Cn1nc(C(=O)NCCN2CCOCC2)cc1-c1c[nH]c2ccc(F)cc12. The van der Waals surface area contributed by atoms with Crippen LogP contribution < -0.4 is 5.32 Å². The van der Waals surface area contributed by atoms with Crippen LogP contribution in [0.2, 0.25) is 0 Å². The molecular formula is C19H22FN5O2. The Morgan fingerprint density at radius 1 is 1.33 bits per heavy atom. The lowest BCUT2D eigenvalue weighted by Gasteiger charge is -2.26. The van der Waals surface area contributed by atoms with E-state index in [1.807, 2.05) is 0 Å². The molecule has 1 aromatic carbocycles. The number of aryl methyl sites for hydroxylation is 1. The van der Waals surface area contributed by atoms with Crippen molar-refractivity contribution >= 4 is 16.8 Å². The Bertz CT molecular complexity index is 958. The number of carbonyl (C=O) groups is 1. The number of amides is 1. The molecule has 1 fully saturated rings. The number of nitrogens with one attached hydrogen (secondary N) is 2. The van der Waals surface area contributed by atoms with Gasteiger partial charge in [0, 0.05) is 55.9 Å². The number of hydrogen-bond acceptors (Lipinski definition) is 4. The first-order valence-electron chi connectivity index (χ1n) is 9.01. The maximum Gasteiger partial charge on any atom is 0.271 e. The van der Waals surface area contributed by atoms with Gasteiger partial charge in [-0.3, -0.25) is 14.4 Å². The predicted molar refractivity (Wildman–Crippen MR) is 100 cm³/mol. The summed E-state index contributed by atoms with van der Waals surface area (Å²) in [6.07, 6.45) is 1.81. The van der Waals surface area contributed by atoms with E-state index < -0.39 is 0 Å². The van der Waals surface area contributed by atoms with E-state index in [2.05, 4.69) is 20.3 Å². The van der Waals surface area contributed by atoms with Crippen molar-refractivity contribution in [3.8, 4) is 11.3 Å². The summed E-state index contributed by atoms with van der Waals surface area (Å²) in [6.45, 7) is 4.60. The molecule has 4 rings (SSSR count). The number of benzene rings is 1. The Labute approximate surface area is 156 Å². The van der Waals surface area contributed by atoms with E-state index in [9.17, 15) is 9.18 Å². The van der Waals surface area contributed by atoms with E-state index in [4.69, 9.17) is 4.74 Å². The van der Waals surface area contributed by atoms with E-state index >= 15 is 0 Å². The molecule has 1 aliphatic rings. The maximum atomic E-state index is 13.6. The van der Waals surface area contributed by atoms with Crippen LogP contribution in [0.4, 0.5) is 4.39 Å². The first-order chi connectivity index (χ1) is 13.1. The fraction of sp³-hybridized carbons (Fsp3) is 0.368. The first kappa shape index (κ1) is 17.7. The van der Waals surface area contributed by atoms with Gasteiger partial charge in [-0.25, -0.2) is 4.39 Å². The largest absolute Gasteiger partial charge is 0.379 e. The second-order valence-electron chi connectivity index (χ2n) is 6.64. The Morgan fingerprint density at radius 3 is 2.96 bits per heavy atom. The molecular weight excluding hydrogens is 349 g/mol. The summed E-state index contributed by atoms with van der Waals surface area (Å²) >= 11 is 0. The summed E-state index contributed by atoms with van der Waals surface area (Å²) in [5.74, 6) is -0.511. The number of H-pyrrole nitrogens is 1. The number of aromatic nitrogens is 3. The van der Waals surface area contributed by atoms with Crippen molar-refractivity contribution in [1.82, 2.24) is 25.0 Å². The zero-order chi connectivity index (χ0) is 18.8. The highest BCUT2D eigenvalue weighted by molar-refractivity contribution is 5.97. The summed E-state index contributed by atoms with van der Waals surface area (Å²) in [7, 11) is 1.78. The summed E-state index contributed by atoms with van der Waals surface area (Å²) in [6, 6.07) is 6.33. The van der Waals surface area contributed by atoms with Crippen molar-refractivity contribution in [3.63, 3.8) is 0 Å². The number of nitrogens with zero attached hydrogens (tertiary/aromatic N) is 3. The number of halogens is 1. The van der Waals surface area contributed by atoms with Crippen LogP contribution in [-0.2, 0) is 11.8 Å². The molecule has 27 heavy (non-hydrogen) atoms. The molecule has 0 atom stereocenters. The predicted octanol–water partition coefficient (Wildman–Crippen LogP) is 1.77. The topological polar surface area (TPSA) is 75.2 Å². The lowest BCUT2D eigenvalue weighted by molar-refractivity contribution is 0.0383. The summed E-state index contributed by atoms with van der Waals surface area (Å²) < 4.78 is 20.6. The number of carbonyl (C=O) groups excluding carboxylic acids is 1. The summed E-state index contributed by atoms with van der Waals surface area (Å²) in [5.41, 5.74) is 2.75. The second-order valence-corrected chi connectivity index (χ2v) is 6.64. The standard InChI is InChI=1S/C19H22FN5O2/c1-24-18(15-12-22-16-3-2-13(20)10-14(15)16)11-17(23-24)19(26)21-4-5-25-6-8-27-9-7-25/h2-3,10-12,22H,4-9H2,1H3,(H,21,26). The second kappa shape index (κ2) is 7.50. The van der Waals surface area contributed by atoms with Crippen LogP contribution in [0, 0.1) is 5.82 Å². The van der Waals surface area contributed by atoms with Crippen LogP contribution in [-0.4, -0.2) is 65.0 Å². The number of fused-ring (bicyclic) bond motifs is 1. The van der Waals surface area contributed by atoms with Crippen LogP contribution in [0.25, 0.3) is 22.2 Å². The first-order valence-corrected chi connectivity index (χ1v) is 9.01. The molecule has 0 aliphatic carbocycles. The fourth-order valence-electron chi connectivity index (χ4n) is 3.38. The van der Waals surface area contributed by atoms with Crippen LogP contribution >= 0.6 is 0 Å². The highest BCUT2D eigenvalue weighted by Gasteiger charge is 2.17. The number of rotatable bonds is 5. The average Bonchev–Trinajstić information content (AvgIpc) is 3.25. The van der Waals surface area contributed by atoms with Crippen LogP contribution in [0.3, 0.4) is 0 Å². The Morgan fingerprint density at radius 2 is 2.15 bits per heavy atom.